The summed E-state index contributed by atoms with van der Waals surface area (Å²) in [6, 6.07) is 8.58. The summed E-state index contributed by atoms with van der Waals surface area (Å²) in [4.78, 5) is 0. The first-order valence-electron chi connectivity index (χ1n) is 5.76. The van der Waals surface area contributed by atoms with Crippen LogP contribution in [0.2, 0.25) is 0 Å². The second-order valence-corrected chi connectivity index (χ2v) is 3.88. The van der Waals surface area contributed by atoms with E-state index < -0.39 is 0 Å². The van der Waals surface area contributed by atoms with E-state index in [-0.39, 0.29) is 0 Å². The first-order valence-corrected chi connectivity index (χ1v) is 5.76. The zero-order valence-corrected chi connectivity index (χ0v) is 10.2. The lowest BCUT2D eigenvalue weighted by Gasteiger charge is -2.14. The van der Waals surface area contributed by atoms with Crippen LogP contribution in [0.1, 0.15) is 31.4 Å². The van der Waals surface area contributed by atoms with Gasteiger partial charge in [-0.05, 0) is 44.0 Å². The molecule has 16 heavy (non-hydrogen) atoms. The molecule has 1 atom stereocenters. The summed E-state index contributed by atoms with van der Waals surface area (Å²) >= 11 is 0. The Kier molecular flexibility index (Phi) is 5.65. The quantitative estimate of drug-likeness (QED) is 0.561. The molecule has 88 valence electrons. The molecule has 0 aliphatic rings. The maximum absolute atomic E-state index is 5.13. The Morgan fingerprint density at radius 1 is 1.38 bits per heavy atom. The maximum Gasteiger partial charge on any atom is 0.118 e. The van der Waals surface area contributed by atoms with Crippen LogP contribution in [0.3, 0.4) is 0 Å². The fourth-order valence-electron chi connectivity index (χ4n) is 1.58. The third-order valence-electron chi connectivity index (χ3n) is 2.65. The van der Waals surface area contributed by atoms with E-state index in [4.69, 9.17) is 4.74 Å². The van der Waals surface area contributed by atoms with Crippen molar-refractivity contribution in [3.63, 3.8) is 0 Å². The first kappa shape index (κ1) is 12.8. The molecule has 1 unspecified atom stereocenters. The molecule has 1 rings (SSSR count). The van der Waals surface area contributed by atoms with Crippen molar-refractivity contribution in [3.8, 4) is 5.75 Å². The molecule has 0 saturated carbocycles. The van der Waals surface area contributed by atoms with Crippen LogP contribution in [0.5, 0.6) is 5.75 Å². The van der Waals surface area contributed by atoms with Crippen molar-refractivity contribution in [2.45, 2.75) is 25.8 Å². The molecule has 0 bridgehead atoms. The van der Waals surface area contributed by atoms with Crippen molar-refractivity contribution < 1.29 is 4.74 Å². The van der Waals surface area contributed by atoms with Crippen LogP contribution in [-0.2, 0) is 0 Å². The minimum atomic E-state index is 0.385. The molecule has 0 radical (unpaired) electrons. The van der Waals surface area contributed by atoms with Crippen molar-refractivity contribution in [3.05, 3.63) is 42.5 Å². The molecule has 0 amide bonds. The molecule has 1 aromatic carbocycles. The molecule has 0 heterocycles. The highest BCUT2D eigenvalue weighted by Crippen LogP contribution is 2.17. The zero-order chi connectivity index (χ0) is 11.8. The van der Waals surface area contributed by atoms with Crippen LogP contribution in [0, 0.1) is 0 Å². The fraction of sp³-hybridized carbons (Fsp3) is 0.429. The summed E-state index contributed by atoms with van der Waals surface area (Å²) in [5.74, 6) is 0.905. The molecular weight excluding hydrogens is 198 g/mol. The maximum atomic E-state index is 5.13. The van der Waals surface area contributed by atoms with Crippen LogP contribution in [-0.4, -0.2) is 13.7 Å². The van der Waals surface area contributed by atoms with Crippen LogP contribution >= 0.6 is 0 Å². The fourth-order valence-corrected chi connectivity index (χ4v) is 1.58. The van der Waals surface area contributed by atoms with E-state index in [9.17, 15) is 0 Å². The zero-order valence-electron chi connectivity index (χ0n) is 10.2. The molecule has 0 saturated heterocycles. The summed E-state index contributed by atoms with van der Waals surface area (Å²) in [5, 5.41) is 3.48. The number of rotatable bonds is 7. The van der Waals surface area contributed by atoms with Gasteiger partial charge in [0.1, 0.15) is 5.75 Å². The monoisotopic (exact) mass is 219 g/mol. The van der Waals surface area contributed by atoms with Gasteiger partial charge in [-0.25, -0.2) is 0 Å². The van der Waals surface area contributed by atoms with Gasteiger partial charge in [-0.15, -0.1) is 6.58 Å². The molecule has 0 aliphatic heterocycles. The van der Waals surface area contributed by atoms with Gasteiger partial charge in [0.05, 0.1) is 7.11 Å². The molecule has 1 aromatic rings. The van der Waals surface area contributed by atoms with E-state index in [0.29, 0.717) is 6.04 Å². The SMILES string of the molecule is C=CCCCNC(C)c1ccc(OC)cc1. The summed E-state index contributed by atoms with van der Waals surface area (Å²) in [7, 11) is 1.69. The lowest BCUT2D eigenvalue weighted by molar-refractivity contribution is 0.414. The molecular formula is C14H21NO. The van der Waals surface area contributed by atoms with E-state index in [2.05, 4.69) is 31.0 Å². The minimum Gasteiger partial charge on any atom is -0.497 e. The Balaban J connectivity index is 2.39. The van der Waals surface area contributed by atoms with Crippen LogP contribution in [0.15, 0.2) is 36.9 Å². The van der Waals surface area contributed by atoms with E-state index in [0.717, 1.165) is 25.1 Å². The van der Waals surface area contributed by atoms with Gasteiger partial charge in [-0.2, -0.15) is 0 Å². The highest BCUT2D eigenvalue weighted by Gasteiger charge is 2.03. The second kappa shape index (κ2) is 7.07. The third kappa shape index (κ3) is 4.07. The number of nitrogens with one attached hydrogen (secondary N) is 1. The summed E-state index contributed by atoms with van der Waals surface area (Å²) in [5.41, 5.74) is 1.29. The predicted octanol–water partition coefficient (Wildman–Crippen LogP) is 3.31. The minimum absolute atomic E-state index is 0.385. The van der Waals surface area contributed by atoms with E-state index >= 15 is 0 Å². The van der Waals surface area contributed by atoms with Crippen molar-refractivity contribution in [2.75, 3.05) is 13.7 Å². The van der Waals surface area contributed by atoms with Crippen LogP contribution in [0.4, 0.5) is 0 Å². The van der Waals surface area contributed by atoms with Gasteiger partial charge in [0, 0.05) is 6.04 Å². The predicted molar refractivity (Wildman–Crippen MR) is 68.8 cm³/mol. The Bertz CT molecular complexity index is 305. The number of ether oxygens (including phenoxy) is 1. The van der Waals surface area contributed by atoms with Crippen LogP contribution in [0.25, 0.3) is 0 Å². The average molecular weight is 219 g/mol. The van der Waals surface area contributed by atoms with E-state index in [1.807, 2.05) is 18.2 Å². The molecule has 0 aromatic heterocycles. The van der Waals surface area contributed by atoms with Gasteiger partial charge in [0.2, 0.25) is 0 Å². The Morgan fingerprint density at radius 2 is 2.06 bits per heavy atom. The smallest absolute Gasteiger partial charge is 0.118 e. The number of hydrogen-bond donors (Lipinski definition) is 1. The van der Waals surface area contributed by atoms with Gasteiger partial charge in [0.25, 0.3) is 0 Å². The topological polar surface area (TPSA) is 21.3 Å². The van der Waals surface area contributed by atoms with Crippen LogP contribution < -0.4 is 10.1 Å². The highest BCUT2D eigenvalue weighted by molar-refractivity contribution is 5.28. The summed E-state index contributed by atoms with van der Waals surface area (Å²) < 4.78 is 5.13. The molecule has 2 heteroatoms. The largest absolute Gasteiger partial charge is 0.497 e. The Hall–Kier alpha value is -1.28. The van der Waals surface area contributed by atoms with Gasteiger partial charge >= 0.3 is 0 Å². The van der Waals surface area contributed by atoms with Gasteiger partial charge in [0.15, 0.2) is 0 Å². The molecule has 0 aliphatic carbocycles. The lowest BCUT2D eigenvalue weighted by Crippen LogP contribution is -2.19. The average Bonchev–Trinajstić information content (AvgIpc) is 2.34. The Labute approximate surface area is 98.3 Å². The second-order valence-electron chi connectivity index (χ2n) is 3.88. The molecule has 2 nitrogen and oxygen atoms in total. The van der Waals surface area contributed by atoms with E-state index in [1.54, 1.807) is 7.11 Å². The lowest BCUT2D eigenvalue weighted by atomic mass is 10.1. The molecule has 0 fully saturated rings. The standard InChI is InChI=1S/C14H21NO/c1-4-5-6-11-15-12(2)13-7-9-14(16-3)10-8-13/h4,7-10,12,15H,1,5-6,11H2,2-3H3. The van der Waals surface area contributed by atoms with Crippen molar-refractivity contribution >= 4 is 0 Å². The van der Waals surface area contributed by atoms with E-state index in [1.165, 1.54) is 5.56 Å². The van der Waals surface area contributed by atoms with Gasteiger partial charge in [-0.1, -0.05) is 18.2 Å². The number of allylic oxidation sites excluding steroid dienone is 1. The highest BCUT2D eigenvalue weighted by atomic mass is 16.5. The molecule has 0 spiro atoms. The number of unbranched alkanes of at least 4 members (excludes halogenated alkanes) is 1. The number of methoxy groups -OCH3 is 1. The Morgan fingerprint density at radius 3 is 2.62 bits per heavy atom. The number of benzene rings is 1. The molecule has 1 N–H and O–H groups in total. The first-order chi connectivity index (χ1) is 7.77. The van der Waals surface area contributed by atoms with Gasteiger partial charge in [-0.3, -0.25) is 0 Å². The normalized spacial score (nSPS) is 12.1. The summed E-state index contributed by atoms with van der Waals surface area (Å²) in [6.07, 6.45) is 4.17. The summed E-state index contributed by atoms with van der Waals surface area (Å²) in [6.45, 7) is 6.92. The van der Waals surface area contributed by atoms with Gasteiger partial charge < -0.3 is 10.1 Å². The van der Waals surface area contributed by atoms with Crippen molar-refractivity contribution in [2.24, 2.45) is 0 Å². The third-order valence-corrected chi connectivity index (χ3v) is 2.65. The van der Waals surface area contributed by atoms with Crippen molar-refractivity contribution in [1.82, 2.24) is 5.32 Å². The number of hydrogen-bond acceptors (Lipinski definition) is 2. The van der Waals surface area contributed by atoms with Crippen molar-refractivity contribution in [1.29, 1.82) is 0 Å².